The fourth-order valence-corrected chi connectivity index (χ4v) is 7.33. The van der Waals surface area contributed by atoms with Gasteiger partial charge < -0.3 is 10.2 Å². The zero-order valence-electron chi connectivity index (χ0n) is 15.3. The minimum absolute atomic E-state index is 0.0241. The number of nitrogens with zero attached hydrogens (tertiary/aromatic N) is 1. The van der Waals surface area contributed by atoms with E-state index < -0.39 is 9.84 Å². The summed E-state index contributed by atoms with van der Waals surface area (Å²) in [6, 6.07) is 3.85. The molecule has 2 saturated heterocycles. The number of nitrogens with one attached hydrogen (secondary N) is 1. The molecule has 3 unspecified atom stereocenters. The quantitative estimate of drug-likeness (QED) is 0.806. The van der Waals surface area contributed by atoms with E-state index in [2.05, 4.69) is 11.4 Å². The van der Waals surface area contributed by atoms with Crippen molar-refractivity contribution in [1.29, 1.82) is 0 Å². The molecular weight excluding hydrogens is 384 g/mol. The van der Waals surface area contributed by atoms with Crippen LogP contribution in [0.25, 0.3) is 0 Å². The van der Waals surface area contributed by atoms with Crippen LogP contribution in [-0.4, -0.2) is 49.2 Å². The largest absolute Gasteiger partial charge is 0.348 e. The molecule has 148 valence electrons. The van der Waals surface area contributed by atoms with Gasteiger partial charge in [0.2, 0.25) is 11.8 Å². The van der Waals surface area contributed by atoms with Crippen LogP contribution in [0.2, 0.25) is 0 Å². The van der Waals surface area contributed by atoms with Crippen molar-refractivity contribution in [3.8, 4) is 0 Å². The first kappa shape index (κ1) is 18.9. The fourth-order valence-electron chi connectivity index (χ4n) is 4.73. The summed E-state index contributed by atoms with van der Waals surface area (Å²) in [5, 5.41) is 5.26. The van der Waals surface area contributed by atoms with Crippen LogP contribution < -0.4 is 5.32 Å². The van der Waals surface area contributed by atoms with Crippen molar-refractivity contribution in [2.75, 3.05) is 18.1 Å². The normalized spacial score (nSPS) is 29.3. The number of hydrogen-bond acceptors (Lipinski definition) is 5. The predicted octanol–water partition coefficient (Wildman–Crippen LogP) is 2.13. The summed E-state index contributed by atoms with van der Waals surface area (Å²) in [5.74, 6) is 0.0844. The molecular formula is C19H26N2O4S2. The third kappa shape index (κ3) is 4.06. The molecule has 1 N–H and O–H groups in total. The van der Waals surface area contributed by atoms with Crippen LogP contribution in [0.5, 0.6) is 0 Å². The molecule has 3 aliphatic rings. The van der Waals surface area contributed by atoms with Crippen LogP contribution in [0, 0.1) is 11.8 Å². The first-order chi connectivity index (χ1) is 12.9. The van der Waals surface area contributed by atoms with Gasteiger partial charge in [-0.05, 0) is 36.6 Å². The number of carbonyl (C=O) groups is 2. The van der Waals surface area contributed by atoms with E-state index in [-0.39, 0.29) is 47.7 Å². The highest BCUT2D eigenvalue weighted by molar-refractivity contribution is 7.91. The second kappa shape index (κ2) is 7.54. The molecule has 1 saturated carbocycles. The summed E-state index contributed by atoms with van der Waals surface area (Å²) >= 11 is 1.66. The molecule has 0 aromatic carbocycles. The van der Waals surface area contributed by atoms with Crippen molar-refractivity contribution in [3.63, 3.8) is 0 Å². The Morgan fingerprint density at radius 2 is 2.04 bits per heavy atom. The van der Waals surface area contributed by atoms with E-state index in [9.17, 15) is 18.0 Å². The highest BCUT2D eigenvalue weighted by Gasteiger charge is 2.42. The van der Waals surface area contributed by atoms with Gasteiger partial charge in [0.25, 0.3) is 0 Å². The molecule has 1 aromatic rings. The van der Waals surface area contributed by atoms with Crippen LogP contribution >= 0.6 is 11.3 Å². The molecule has 0 bridgehead atoms. The van der Waals surface area contributed by atoms with Crippen molar-refractivity contribution >= 4 is 33.0 Å². The molecule has 6 nitrogen and oxygen atoms in total. The maximum atomic E-state index is 12.9. The molecule has 3 heterocycles. The van der Waals surface area contributed by atoms with Gasteiger partial charge in [0, 0.05) is 23.9 Å². The van der Waals surface area contributed by atoms with Crippen LogP contribution in [-0.2, 0) is 19.4 Å². The van der Waals surface area contributed by atoms with Crippen molar-refractivity contribution in [2.45, 2.75) is 50.6 Å². The lowest BCUT2D eigenvalue weighted by Gasteiger charge is -2.26. The Bertz CT molecular complexity index is 800. The third-order valence-corrected chi connectivity index (χ3v) is 8.90. The van der Waals surface area contributed by atoms with Gasteiger partial charge in [0.15, 0.2) is 9.84 Å². The van der Waals surface area contributed by atoms with Crippen molar-refractivity contribution in [3.05, 3.63) is 22.4 Å². The van der Waals surface area contributed by atoms with Gasteiger partial charge in [-0.2, -0.15) is 0 Å². The zero-order chi connectivity index (χ0) is 19.0. The van der Waals surface area contributed by atoms with E-state index in [1.54, 1.807) is 16.2 Å². The van der Waals surface area contributed by atoms with Gasteiger partial charge in [-0.3, -0.25) is 9.59 Å². The maximum Gasteiger partial charge on any atom is 0.225 e. The highest BCUT2D eigenvalue weighted by Crippen LogP contribution is 2.38. The smallest absolute Gasteiger partial charge is 0.225 e. The first-order valence-corrected chi connectivity index (χ1v) is 12.5. The minimum atomic E-state index is -3.05. The lowest BCUT2D eigenvalue weighted by molar-refractivity contribution is -0.130. The van der Waals surface area contributed by atoms with Crippen molar-refractivity contribution in [2.24, 2.45) is 11.8 Å². The van der Waals surface area contributed by atoms with E-state index in [4.69, 9.17) is 0 Å². The second-order valence-corrected chi connectivity index (χ2v) is 11.3. The van der Waals surface area contributed by atoms with E-state index >= 15 is 0 Å². The van der Waals surface area contributed by atoms with Crippen LogP contribution in [0.4, 0.5) is 0 Å². The number of amides is 2. The van der Waals surface area contributed by atoms with Gasteiger partial charge in [0.05, 0.1) is 23.5 Å². The molecule has 3 fully saturated rings. The van der Waals surface area contributed by atoms with Gasteiger partial charge in [-0.25, -0.2) is 8.42 Å². The van der Waals surface area contributed by atoms with Gasteiger partial charge in [-0.15, -0.1) is 11.3 Å². The van der Waals surface area contributed by atoms with Gasteiger partial charge >= 0.3 is 0 Å². The first-order valence-electron chi connectivity index (χ1n) is 9.76. The van der Waals surface area contributed by atoms with E-state index in [0.717, 1.165) is 12.8 Å². The Balaban J connectivity index is 1.42. The topological polar surface area (TPSA) is 83.6 Å². The Hall–Kier alpha value is -1.41. The van der Waals surface area contributed by atoms with Crippen molar-refractivity contribution in [1.82, 2.24) is 10.2 Å². The Kier molecular flexibility index (Phi) is 5.29. The number of carbonyl (C=O) groups excluding carboxylic acids is 2. The molecule has 4 rings (SSSR count). The summed E-state index contributed by atoms with van der Waals surface area (Å²) in [7, 11) is -3.05. The Morgan fingerprint density at radius 3 is 2.67 bits per heavy atom. The molecule has 2 aliphatic heterocycles. The van der Waals surface area contributed by atoms with Crippen LogP contribution in [0.3, 0.4) is 0 Å². The summed E-state index contributed by atoms with van der Waals surface area (Å²) in [5.41, 5.74) is 0. The monoisotopic (exact) mass is 410 g/mol. The van der Waals surface area contributed by atoms with Gasteiger partial charge in [-0.1, -0.05) is 18.9 Å². The molecule has 27 heavy (non-hydrogen) atoms. The number of rotatable bonds is 5. The second-order valence-electron chi connectivity index (χ2n) is 8.05. The standard InChI is InChI=1S/C19H26N2O4S2/c22-17-10-14(11-21(17)15-7-9-27(24,25)12-15)19(23)20-18(13-4-1-2-5-13)16-6-3-8-26-16/h3,6,8,13-15,18H,1-2,4-5,7,9-12H2,(H,20,23). The molecule has 1 aromatic heterocycles. The lowest BCUT2D eigenvalue weighted by atomic mass is 9.95. The number of thiophene rings is 1. The average Bonchev–Trinajstić information content (AvgIpc) is 3.40. The van der Waals surface area contributed by atoms with E-state index in [0.29, 0.717) is 18.9 Å². The number of hydrogen-bond donors (Lipinski definition) is 1. The van der Waals surface area contributed by atoms with Crippen LogP contribution in [0.15, 0.2) is 17.5 Å². The summed E-state index contributed by atoms with van der Waals surface area (Å²) in [6.07, 6.45) is 5.33. The van der Waals surface area contributed by atoms with Crippen molar-refractivity contribution < 1.29 is 18.0 Å². The summed E-state index contributed by atoms with van der Waals surface area (Å²) in [6.45, 7) is 0.340. The Labute approximate surface area is 164 Å². The predicted molar refractivity (Wildman–Crippen MR) is 104 cm³/mol. The lowest BCUT2D eigenvalue weighted by Crippen LogP contribution is -2.40. The molecule has 8 heteroatoms. The molecule has 3 atom stereocenters. The van der Waals surface area contributed by atoms with Gasteiger partial charge in [0.1, 0.15) is 0 Å². The molecule has 1 aliphatic carbocycles. The van der Waals surface area contributed by atoms with Crippen LogP contribution in [0.1, 0.15) is 49.4 Å². The highest BCUT2D eigenvalue weighted by atomic mass is 32.2. The fraction of sp³-hybridized carbons (Fsp3) is 0.684. The SMILES string of the molecule is O=C(NC(c1cccs1)C1CCCC1)C1CC(=O)N(C2CCS(=O)(=O)C2)C1. The minimum Gasteiger partial charge on any atom is -0.348 e. The molecule has 0 radical (unpaired) electrons. The average molecular weight is 411 g/mol. The maximum absolute atomic E-state index is 12.9. The Morgan fingerprint density at radius 1 is 1.26 bits per heavy atom. The zero-order valence-corrected chi connectivity index (χ0v) is 16.9. The number of sulfone groups is 1. The summed E-state index contributed by atoms with van der Waals surface area (Å²) in [4.78, 5) is 28.2. The third-order valence-electron chi connectivity index (χ3n) is 6.20. The van der Waals surface area contributed by atoms with E-state index in [1.165, 1.54) is 17.7 Å². The molecule has 0 spiro atoms. The molecule has 2 amide bonds. The number of likely N-dealkylation sites (tertiary alicyclic amines) is 1. The van der Waals surface area contributed by atoms with E-state index in [1.807, 2.05) is 11.4 Å². The summed E-state index contributed by atoms with van der Waals surface area (Å²) < 4.78 is 23.5.